The number of rotatable bonds is 32. The fourth-order valence-corrected chi connectivity index (χ4v) is 5.66. The molecule has 44 heavy (non-hydrogen) atoms. The van der Waals surface area contributed by atoms with Crippen LogP contribution < -0.4 is 44.2 Å². The molecule has 0 aliphatic carbocycles. The van der Waals surface area contributed by atoms with E-state index in [2.05, 4.69) is 22.9 Å². The molecule has 1 N–H and O–H groups in total. The molecule has 0 saturated heterocycles. The molecule has 0 saturated carbocycles. The minimum absolute atomic E-state index is 0. The Balaban J connectivity index is -0.000000348. The van der Waals surface area contributed by atoms with Crippen LogP contribution in [0.5, 0.6) is 0 Å². The molecule has 0 rings (SSSR count). The first-order chi connectivity index (χ1) is 20.1. The van der Waals surface area contributed by atoms with Crippen molar-refractivity contribution in [2.75, 3.05) is 13.2 Å². The summed E-state index contributed by atoms with van der Waals surface area (Å²) < 4.78 is 29.0. The summed E-state index contributed by atoms with van der Waals surface area (Å²) in [4.78, 5) is 39.2. The van der Waals surface area contributed by atoms with Gasteiger partial charge >= 0.3 is 49.0 Å². The molecule has 0 fully saturated rings. The van der Waals surface area contributed by atoms with E-state index in [-0.39, 0.29) is 62.2 Å². The molecule has 1 unspecified atom stereocenters. The smallest absolute Gasteiger partial charge is 0.790 e. The minimum atomic E-state index is -4.75. The Labute approximate surface area is 307 Å². The van der Waals surface area contributed by atoms with Gasteiger partial charge in [0.25, 0.3) is 7.82 Å². The van der Waals surface area contributed by atoms with Crippen LogP contribution in [0.1, 0.15) is 194 Å². The third kappa shape index (κ3) is 56.2. The summed E-state index contributed by atoms with van der Waals surface area (Å²) in [6.45, 7) is 4.65. The van der Waals surface area contributed by atoms with Gasteiger partial charge in [0.15, 0.2) is 0 Å². The molecule has 0 bridgehead atoms. The van der Waals surface area contributed by atoms with Crippen molar-refractivity contribution in [2.24, 2.45) is 0 Å². The number of unbranched alkanes of at least 4 members (excludes halogenated alkanes) is 26. The van der Waals surface area contributed by atoms with E-state index in [4.69, 9.17) is 4.89 Å². The number of phosphoric acid groups is 2. The van der Waals surface area contributed by atoms with Gasteiger partial charge in [0.2, 0.25) is 0 Å². The standard InChI is InChI=1S/2C16H35O4P.Na.Zn/c2*1-2-3-4-5-6-7-8-9-10-11-12-13-14-15-16-20-21(17,18)19;;/h2*2-16H2,1H3,(H2,17,18,19);;/q;;+1;+2/p-3. The summed E-state index contributed by atoms with van der Waals surface area (Å²) in [5, 5.41) is 0. The van der Waals surface area contributed by atoms with E-state index in [1.54, 1.807) is 0 Å². The van der Waals surface area contributed by atoms with Gasteiger partial charge in [-0.05, 0) is 12.8 Å². The van der Waals surface area contributed by atoms with Crippen molar-refractivity contribution in [2.45, 2.75) is 194 Å². The van der Waals surface area contributed by atoms with Crippen LogP contribution in [0.25, 0.3) is 0 Å². The SMILES string of the molecule is CCCCCCCCCCCCCCCCOP(=O)([O-])O.CCCCCCCCCCCCCCCCOP(=O)([O-])[O-].[Na+].[Zn+2]. The van der Waals surface area contributed by atoms with E-state index in [0.29, 0.717) is 12.8 Å². The zero-order valence-corrected chi connectivity index (χ0v) is 35.9. The van der Waals surface area contributed by atoms with Crippen LogP contribution in [-0.4, -0.2) is 18.1 Å². The normalized spacial score (nSPS) is 12.5. The fraction of sp³-hybridized carbons (Fsp3) is 1.00. The van der Waals surface area contributed by atoms with Crippen LogP contribution in [-0.2, 0) is 37.7 Å². The monoisotopic (exact) mass is 728 g/mol. The Hall–Kier alpha value is 1.84. The molecule has 0 amide bonds. The first-order valence-corrected chi connectivity index (χ1v) is 20.4. The number of phosphoric ester groups is 2. The maximum Gasteiger partial charge on any atom is 2.00 e. The van der Waals surface area contributed by atoms with E-state index in [9.17, 15) is 23.8 Å². The molecular formula is C32H67NaO8P2Zn. The van der Waals surface area contributed by atoms with Crippen LogP contribution >= 0.6 is 15.6 Å². The molecule has 0 aromatic rings. The zero-order chi connectivity index (χ0) is 31.6. The third-order valence-corrected chi connectivity index (χ3v) is 8.51. The Morgan fingerprint density at radius 2 is 0.636 bits per heavy atom. The van der Waals surface area contributed by atoms with E-state index >= 15 is 0 Å². The van der Waals surface area contributed by atoms with Gasteiger partial charge in [0, 0.05) is 0 Å². The number of hydrogen-bond acceptors (Lipinski definition) is 7. The molecule has 12 heteroatoms. The van der Waals surface area contributed by atoms with Gasteiger partial charge in [-0.1, -0.05) is 181 Å². The molecule has 0 aromatic heterocycles. The maximum absolute atomic E-state index is 10.3. The van der Waals surface area contributed by atoms with Crippen LogP contribution in [0.4, 0.5) is 0 Å². The van der Waals surface area contributed by atoms with Crippen LogP contribution in [0, 0.1) is 0 Å². The summed E-state index contributed by atoms with van der Waals surface area (Å²) in [6, 6.07) is 0. The first-order valence-electron chi connectivity index (χ1n) is 17.5. The second kappa shape index (κ2) is 41.0. The van der Waals surface area contributed by atoms with Crippen molar-refractivity contribution in [3.63, 3.8) is 0 Å². The summed E-state index contributed by atoms with van der Waals surface area (Å²) in [6.07, 6.45) is 35.0. The molecular weight excluding hydrogens is 663 g/mol. The maximum atomic E-state index is 10.3. The predicted octanol–water partition coefficient (Wildman–Crippen LogP) is 6.26. The largest absolute Gasteiger partial charge is 2.00 e. The topological polar surface area (TPSA) is 142 Å². The Kier molecular flexibility index (Phi) is 49.1. The van der Waals surface area contributed by atoms with Crippen molar-refractivity contribution in [1.29, 1.82) is 0 Å². The fourth-order valence-electron chi connectivity index (χ4n) is 4.95. The van der Waals surface area contributed by atoms with E-state index in [1.807, 2.05) is 0 Å². The molecule has 0 aromatic carbocycles. The van der Waals surface area contributed by atoms with Crippen molar-refractivity contribution in [3.05, 3.63) is 0 Å². The summed E-state index contributed by atoms with van der Waals surface area (Å²) in [5.74, 6) is 0. The van der Waals surface area contributed by atoms with E-state index < -0.39 is 15.6 Å². The van der Waals surface area contributed by atoms with Gasteiger partial charge in [-0.25, -0.2) is 0 Å². The van der Waals surface area contributed by atoms with Gasteiger partial charge in [-0.2, -0.15) is 0 Å². The Morgan fingerprint density at radius 3 is 0.841 bits per heavy atom. The van der Waals surface area contributed by atoms with Crippen LogP contribution in [0.2, 0.25) is 0 Å². The van der Waals surface area contributed by atoms with Crippen LogP contribution in [0.15, 0.2) is 0 Å². The summed E-state index contributed by atoms with van der Waals surface area (Å²) >= 11 is 0. The second-order valence-electron chi connectivity index (χ2n) is 11.8. The molecule has 256 valence electrons. The third-order valence-electron chi connectivity index (χ3n) is 7.50. The van der Waals surface area contributed by atoms with E-state index in [0.717, 1.165) is 25.7 Å². The van der Waals surface area contributed by atoms with Crippen molar-refractivity contribution in [3.8, 4) is 0 Å². The predicted molar refractivity (Wildman–Crippen MR) is 170 cm³/mol. The minimum Gasteiger partial charge on any atom is -0.790 e. The van der Waals surface area contributed by atoms with Gasteiger partial charge < -0.3 is 33.2 Å². The van der Waals surface area contributed by atoms with Gasteiger partial charge in [-0.3, -0.25) is 4.57 Å². The van der Waals surface area contributed by atoms with Crippen molar-refractivity contribution < 1.29 is 86.8 Å². The molecule has 0 aliphatic rings. The molecule has 0 spiro atoms. The molecule has 0 radical (unpaired) electrons. The Bertz CT molecular complexity index is 571. The zero-order valence-electron chi connectivity index (χ0n) is 29.1. The first kappa shape index (κ1) is 52.7. The molecule has 0 heterocycles. The molecule has 1 atom stereocenters. The van der Waals surface area contributed by atoms with Gasteiger partial charge in [0.1, 0.15) is 0 Å². The average molecular weight is 730 g/mol. The second-order valence-corrected chi connectivity index (χ2v) is 14.1. The van der Waals surface area contributed by atoms with Gasteiger partial charge in [-0.15, -0.1) is 0 Å². The average Bonchev–Trinajstić information content (AvgIpc) is 2.92. The molecule has 0 aliphatic heterocycles. The Morgan fingerprint density at radius 1 is 0.432 bits per heavy atom. The van der Waals surface area contributed by atoms with Crippen molar-refractivity contribution in [1.82, 2.24) is 0 Å². The summed E-state index contributed by atoms with van der Waals surface area (Å²) in [5.41, 5.74) is 0. The molecule has 8 nitrogen and oxygen atoms in total. The quantitative estimate of drug-likeness (QED) is 0.0486. The van der Waals surface area contributed by atoms with E-state index in [1.165, 1.54) is 141 Å². The van der Waals surface area contributed by atoms with Crippen molar-refractivity contribution >= 4 is 15.6 Å². The number of hydrogen-bond donors (Lipinski definition) is 1. The van der Waals surface area contributed by atoms with Crippen LogP contribution in [0.3, 0.4) is 0 Å². The van der Waals surface area contributed by atoms with Gasteiger partial charge in [0.05, 0.1) is 21.0 Å². The summed E-state index contributed by atoms with van der Waals surface area (Å²) in [7, 11) is -9.25.